The van der Waals surface area contributed by atoms with E-state index in [1.54, 1.807) is 0 Å². The Bertz CT molecular complexity index is 432. The van der Waals surface area contributed by atoms with Gasteiger partial charge in [0.2, 0.25) is 0 Å². The van der Waals surface area contributed by atoms with Crippen LogP contribution < -0.4 is 5.73 Å². The molecule has 0 aliphatic heterocycles. The van der Waals surface area contributed by atoms with E-state index in [0.29, 0.717) is 0 Å². The second kappa shape index (κ2) is 7.62. The number of pyridine rings is 1. The third-order valence-electron chi connectivity index (χ3n) is 2.45. The lowest BCUT2D eigenvalue weighted by molar-refractivity contribution is 0.736. The van der Waals surface area contributed by atoms with Crippen molar-refractivity contribution in [2.24, 2.45) is 5.73 Å². The molecule has 1 aromatic carbocycles. The molecule has 1 heterocycles. The van der Waals surface area contributed by atoms with Gasteiger partial charge >= 0.3 is 0 Å². The van der Waals surface area contributed by atoms with E-state index in [1.807, 2.05) is 51.2 Å². The Morgan fingerprint density at radius 3 is 2.22 bits per heavy atom. The van der Waals surface area contributed by atoms with Crippen molar-refractivity contribution in [3.8, 4) is 11.3 Å². The van der Waals surface area contributed by atoms with Crippen LogP contribution in [0.1, 0.15) is 26.3 Å². The third kappa shape index (κ3) is 4.30. The number of rotatable bonds is 3. The highest BCUT2D eigenvalue weighted by Crippen LogP contribution is 2.16. The zero-order chi connectivity index (χ0) is 13.4. The summed E-state index contributed by atoms with van der Waals surface area (Å²) in [6.07, 6.45) is 2.79. The molecule has 0 spiro atoms. The molecule has 0 saturated heterocycles. The SMILES string of the molecule is CC.CC(N)Cc1ccc(-c2ccccc2)nc1. The highest BCUT2D eigenvalue weighted by molar-refractivity contribution is 5.58. The highest BCUT2D eigenvalue weighted by atomic mass is 14.7. The molecule has 0 bridgehead atoms. The van der Waals surface area contributed by atoms with Gasteiger partial charge in [0.15, 0.2) is 0 Å². The van der Waals surface area contributed by atoms with E-state index in [-0.39, 0.29) is 6.04 Å². The maximum Gasteiger partial charge on any atom is 0.0702 e. The van der Waals surface area contributed by atoms with Crippen LogP contribution in [0.4, 0.5) is 0 Å². The molecule has 18 heavy (non-hydrogen) atoms. The number of benzene rings is 1. The molecule has 2 nitrogen and oxygen atoms in total. The summed E-state index contributed by atoms with van der Waals surface area (Å²) in [5.41, 5.74) is 9.09. The van der Waals surface area contributed by atoms with Crippen molar-refractivity contribution in [2.75, 3.05) is 0 Å². The fourth-order valence-corrected chi connectivity index (χ4v) is 1.70. The van der Waals surface area contributed by atoms with Gasteiger partial charge < -0.3 is 5.73 Å². The van der Waals surface area contributed by atoms with E-state index >= 15 is 0 Å². The Balaban J connectivity index is 0.000000771. The molecule has 0 fully saturated rings. The summed E-state index contributed by atoms with van der Waals surface area (Å²) < 4.78 is 0. The van der Waals surface area contributed by atoms with Crippen molar-refractivity contribution in [3.63, 3.8) is 0 Å². The van der Waals surface area contributed by atoms with Gasteiger partial charge in [-0.05, 0) is 25.0 Å². The molecule has 0 aliphatic carbocycles. The Kier molecular flexibility index (Phi) is 6.09. The smallest absolute Gasteiger partial charge is 0.0702 e. The lowest BCUT2D eigenvalue weighted by atomic mass is 10.1. The van der Waals surface area contributed by atoms with Crippen LogP contribution in [-0.2, 0) is 6.42 Å². The minimum absolute atomic E-state index is 0.185. The second-order valence-electron chi connectivity index (χ2n) is 4.10. The van der Waals surface area contributed by atoms with E-state index in [4.69, 9.17) is 5.73 Å². The first-order chi connectivity index (χ1) is 8.75. The summed E-state index contributed by atoms with van der Waals surface area (Å²) in [6, 6.07) is 14.5. The van der Waals surface area contributed by atoms with Crippen LogP contribution in [0.5, 0.6) is 0 Å². The van der Waals surface area contributed by atoms with Crippen LogP contribution in [0.25, 0.3) is 11.3 Å². The fourth-order valence-electron chi connectivity index (χ4n) is 1.70. The van der Waals surface area contributed by atoms with Crippen LogP contribution in [0, 0.1) is 0 Å². The summed E-state index contributed by atoms with van der Waals surface area (Å²) in [6.45, 7) is 6.01. The van der Waals surface area contributed by atoms with Gasteiger partial charge in [0, 0.05) is 17.8 Å². The summed E-state index contributed by atoms with van der Waals surface area (Å²) in [7, 11) is 0. The number of hydrogen-bond donors (Lipinski definition) is 1. The molecular formula is C16H22N2. The maximum atomic E-state index is 5.75. The van der Waals surface area contributed by atoms with E-state index < -0.39 is 0 Å². The zero-order valence-corrected chi connectivity index (χ0v) is 11.4. The average molecular weight is 242 g/mol. The first-order valence-corrected chi connectivity index (χ1v) is 6.51. The number of nitrogens with zero attached hydrogens (tertiary/aromatic N) is 1. The Morgan fingerprint density at radius 2 is 1.72 bits per heavy atom. The molecule has 0 aliphatic rings. The lowest BCUT2D eigenvalue weighted by Gasteiger charge is -2.05. The van der Waals surface area contributed by atoms with Gasteiger partial charge in [0.05, 0.1) is 5.69 Å². The van der Waals surface area contributed by atoms with Gasteiger partial charge in [-0.25, -0.2) is 0 Å². The second-order valence-corrected chi connectivity index (χ2v) is 4.10. The Hall–Kier alpha value is -1.67. The minimum atomic E-state index is 0.185. The van der Waals surface area contributed by atoms with Crippen molar-refractivity contribution >= 4 is 0 Å². The van der Waals surface area contributed by atoms with E-state index in [0.717, 1.165) is 17.7 Å². The van der Waals surface area contributed by atoms with Gasteiger partial charge in [-0.3, -0.25) is 4.98 Å². The van der Waals surface area contributed by atoms with Crippen molar-refractivity contribution in [1.29, 1.82) is 0 Å². The molecule has 1 atom stereocenters. The molecule has 96 valence electrons. The highest BCUT2D eigenvalue weighted by Gasteiger charge is 2.00. The monoisotopic (exact) mass is 242 g/mol. The lowest BCUT2D eigenvalue weighted by Crippen LogP contribution is -2.17. The number of nitrogens with two attached hydrogens (primary N) is 1. The van der Waals surface area contributed by atoms with Crippen molar-refractivity contribution in [3.05, 3.63) is 54.2 Å². The topological polar surface area (TPSA) is 38.9 Å². The fraction of sp³-hybridized carbons (Fsp3) is 0.312. The van der Waals surface area contributed by atoms with Crippen molar-refractivity contribution in [1.82, 2.24) is 4.98 Å². The number of hydrogen-bond acceptors (Lipinski definition) is 2. The molecule has 2 N–H and O–H groups in total. The summed E-state index contributed by atoms with van der Waals surface area (Å²) >= 11 is 0. The molecule has 1 aromatic heterocycles. The van der Waals surface area contributed by atoms with Crippen LogP contribution in [0.2, 0.25) is 0 Å². The maximum absolute atomic E-state index is 5.75. The molecule has 0 radical (unpaired) electrons. The predicted molar refractivity (Wildman–Crippen MR) is 78.4 cm³/mol. The van der Waals surface area contributed by atoms with Gasteiger partial charge in [0.25, 0.3) is 0 Å². The first kappa shape index (κ1) is 14.4. The molecule has 1 unspecified atom stereocenters. The van der Waals surface area contributed by atoms with E-state index in [9.17, 15) is 0 Å². The quantitative estimate of drug-likeness (QED) is 0.892. The van der Waals surface area contributed by atoms with Gasteiger partial charge in [0.1, 0.15) is 0 Å². The summed E-state index contributed by atoms with van der Waals surface area (Å²) in [5, 5.41) is 0. The van der Waals surface area contributed by atoms with Crippen molar-refractivity contribution in [2.45, 2.75) is 33.2 Å². The molecule has 2 rings (SSSR count). The van der Waals surface area contributed by atoms with Crippen LogP contribution in [0.3, 0.4) is 0 Å². The van der Waals surface area contributed by atoms with Crippen LogP contribution >= 0.6 is 0 Å². The molecule has 2 heteroatoms. The average Bonchev–Trinajstić information content (AvgIpc) is 2.42. The van der Waals surface area contributed by atoms with Crippen molar-refractivity contribution < 1.29 is 0 Å². The number of aromatic nitrogens is 1. The van der Waals surface area contributed by atoms with Gasteiger partial charge in [-0.1, -0.05) is 50.2 Å². The summed E-state index contributed by atoms with van der Waals surface area (Å²) in [5.74, 6) is 0. The molecular weight excluding hydrogens is 220 g/mol. The van der Waals surface area contributed by atoms with Gasteiger partial charge in [-0.2, -0.15) is 0 Å². The third-order valence-corrected chi connectivity index (χ3v) is 2.45. The van der Waals surface area contributed by atoms with E-state index in [1.165, 1.54) is 5.56 Å². The predicted octanol–water partition coefficient (Wildman–Crippen LogP) is 3.66. The minimum Gasteiger partial charge on any atom is -0.328 e. The first-order valence-electron chi connectivity index (χ1n) is 6.51. The largest absolute Gasteiger partial charge is 0.328 e. The Morgan fingerprint density at radius 1 is 1.06 bits per heavy atom. The normalized spacial score (nSPS) is 11.3. The molecule has 0 saturated carbocycles. The Labute approximate surface area is 110 Å². The van der Waals surface area contributed by atoms with Crippen LogP contribution in [-0.4, -0.2) is 11.0 Å². The zero-order valence-electron chi connectivity index (χ0n) is 11.4. The van der Waals surface area contributed by atoms with Gasteiger partial charge in [-0.15, -0.1) is 0 Å². The van der Waals surface area contributed by atoms with Crippen LogP contribution in [0.15, 0.2) is 48.7 Å². The molecule has 2 aromatic rings. The molecule has 0 amide bonds. The van der Waals surface area contributed by atoms with E-state index in [2.05, 4.69) is 23.2 Å². The standard InChI is InChI=1S/C14H16N2.C2H6/c1-11(15)9-12-7-8-14(16-10-12)13-5-3-2-4-6-13;1-2/h2-8,10-11H,9,15H2,1H3;1-2H3. The summed E-state index contributed by atoms with van der Waals surface area (Å²) in [4.78, 5) is 4.45.